The number of esters is 1. The van der Waals surface area contributed by atoms with Gasteiger partial charge < -0.3 is 19.6 Å². The summed E-state index contributed by atoms with van der Waals surface area (Å²) in [5.74, 6) is -2.44. The molecule has 0 radical (unpaired) electrons. The Morgan fingerprint density at radius 1 is 1.20 bits per heavy atom. The highest BCUT2D eigenvalue weighted by Crippen LogP contribution is 2.16. The first-order chi connectivity index (χ1) is 14.0. The summed E-state index contributed by atoms with van der Waals surface area (Å²) in [5, 5.41) is 7.12. The second-order valence-electron chi connectivity index (χ2n) is 7.13. The van der Waals surface area contributed by atoms with Gasteiger partial charge in [-0.25, -0.2) is 9.59 Å². The SMILES string of the molecule is COC(=O)c1cccc(C(=O)N(C)CCN2CCC(C)CC2)c1.O=C(O)C(F)(F)F. The number of carboxylic acid groups (broad SMARTS) is 1. The molecule has 1 aliphatic heterocycles. The summed E-state index contributed by atoms with van der Waals surface area (Å²) in [6.07, 6.45) is -2.61. The third-order valence-electron chi connectivity index (χ3n) is 4.75. The Balaban J connectivity index is 0.000000553. The molecule has 1 amide bonds. The number of carbonyl (C=O) groups is 3. The Bertz CT molecular complexity index is 731. The van der Waals surface area contributed by atoms with E-state index in [0.29, 0.717) is 17.7 Å². The summed E-state index contributed by atoms with van der Waals surface area (Å²) < 4.78 is 36.4. The van der Waals surface area contributed by atoms with Crippen molar-refractivity contribution < 1.29 is 37.4 Å². The minimum Gasteiger partial charge on any atom is -0.475 e. The third kappa shape index (κ3) is 8.40. The van der Waals surface area contributed by atoms with E-state index in [2.05, 4.69) is 11.8 Å². The van der Waals surface area contributed by atoms with Gasteiger partial charge in [-0.05, 0) is 50.0 Å². The molecule has 1 N–H and O–H groups in total. The molecule has 1 aromatic carbocycles. The molecule has 0 unspecified atom stereocenters. The fraction of sp³-hybridized carbons (Fsp3) is 0.550. The fourth-order valence-corrected chi connectivity index (χ4v) is 2.80. The highest BCUT2D eigenvalue weighted by atomic mass is 19.4. The molecule has 168 valence electrons. The number of alkyl halides is 3. The van der Waals surface area contributed by atoms with Crippen LogP contribution in [-0.2, 0) is 9.53 Å². The Morgan fingerprint density at radius 2 is 1.73 bits per heavy atom. The molecule has 1 aromatic rings. The van der Waals surface area contributed by atoms with Gasteiger partial charge in [-0.2, -0.15) is 13.2 Å². The average Bonchev–Trinajstić information content (AvgIpc) is 2.71. The van der Waals surface area contributed by atoms with Gasteiger partial charge in [0.15, 0.2) is 0 Å². The number of likely N-dealkylation sites (N-methyl/N-ethyl adjacent to an activating group) is 1. The molecular formula is C20H27F3N2O5. The molecule has 7 nitrogen and oxygen atoms in total. The zero-order chi connectivity index (χ0) is 22.9. The van der Waals surface area contributed by atoms with Gasteiger partial charge in [-0.1, -0.05) is 13.0 Å². The number of likely N-dealkylation sites (tertiary alicyclic amines) is 1. The van der Waals surface area contributed by atoms with Crippen LogP contribution in [0.2, 0.25) is 0 Å². The summed E-state index contributed by atoms with van der Waals surface area (Å²) in [5.41, 5.74) is 0.916. The zero-order valence-electron chi connectivity index (χ0n) is 17.2. The van der Waals surface area contributed by atoms with Crippen molar-refractivity contribution in [1.82, 2.24) is 9.80 Å². The summed E-state index contributed by atoms with van der Waals surface area (Å²) >= 11 is 0. The second kappa shape index (κ2) is 11.5. The van der Waals surface area contributed by atoms with Gasteiger partial charge in [0.05, 0.1) is 12.7 Å². The number of carbonyl (C=O) groups excluding carboxylic acids is 2. The first-order valence-electron chi connectivity index (χ1n) is 9.42. The van der Waals surface area contributed by atoms with Crippen LogP contribution >= 0.6 is 0 Å². The number of benzene rings is 1. The first-order valence-corrected chi connectivity index (χ1v) is 9.42. The number of carboxylic acids is 1. The van der Waals surface area contributed by atoms with E-state index in [9.17, 15) is 22.8 Å². The van der Waals surface area contributed by atoms with Crippen LogP contribution in [0.1, 0.15) is 40.5 Å². The summed E-state index contributed by atoms with van der Waals surface area (Å²) in [6, 6.07) is 6.68. The van der Waals surface area contributed by atoms with Crippen LogP contribution in [0, 0.1) is 5.92 Å². The van der Waals surface area contributed by atoms with Crippen molar-refractivity contribution in [3.05, 3.63) is 35.4 Å². The average molecular weight is 432 g/mol. The Kier molecular flexibility index (Phi) is 9.77. The molecule has 0 atom stereocenters. The van der Waals surface area contributed by atoms with Gasteiger partial charge in [0.1, 0.15) is 0 Å². The van der Waals surface area contributed by atoms with Crippen LogP contribution in [0.4, 0.5) is 13.2 Å². The minimum absolute atomic E-state index is 0.0684. The molecule has 1 fully saturated rings. The van der Waals surface area contributed by atoms with Crippen molar-refractivity contribution in [1.29, 1.82) is 0 Å². The monoisotopic (exact) mass is 432 g/mol. The summed E-state index contributed by atoms with van der Waals surface area (Å²) in [6.45, 7) is 6.10. The van der Waals surface area contributed by atoms with E-state index >= 15 is 0 Å². The second-order valence-corrected chi connectivity index (χ2v) is 7.13. The smallest absolute Gasteiger partial charge is 0.475 e. The number of methoxy groups -OCH3 is 1. The van der Waals surface area contributed by atoms with Crippen molar-refractivity contribution in [2.45, 2.75) is 25.9 Å². The minimum atomic E-state index is -5.08. The lowest BCUT2D eigenvalue weighted by Crippen LogP contribution is -2.40. The number of hydrogen-bond acceptors (Lipinski definition) is 5. The Morgan fingerprint density at radius 3 is 2.23 bits per heavy atom. The van der Waals surface area contributed by atoms with E-state index in [0.717, 1.165) is 25.6 Å². The molecule has 0 aliphatic carbocycles. The number of rotatable bonds is 5. The molecule has 1 saturated heterocycles. The van der Waals surface area contributed by atoms with Gasteiger partial charge in [-0.15, -0.1) is 0 Å². The lowest BCUT2D eigenvalue weighted by atomic mass is 9.99. The van der Waals surface area contributed by atoms with Crippen molar-refractivity contribution >= 4 is 17.8 Å². The molecule has 30 heavy (non-hydrogen) atoms. The van der Waals surface area contributed by atoms with Crippen molar-refractivity contribution in [3.63, 3.8) is 0 Å². The summed E-state index contributed by atoms with van der Waals surface area (Å²) in [4.78, 5) is 37.1. The normalized spacial score (nSPS) is 15.0. The highest BCUT2D eigenvalue weighted by molar-refractivity contribution is 5.97. The summed E-state index contributed by atoms with van der Waals surface area (Å²) in [7, 11) is 3.14. The van der Waals surface area contributed by atoms with Crippen LogP contribution in [0.15, 0.2) is 24.3 Å². The lowest BCUT2D eigenvalue weighted by Gasteiger charge is -2.31. The van der Waals surface area contributed by atoms with E-state index in [1.807, 2.05) is 0 Å². The van der Waals surface area contributed by atoms with E-state index in [4.69, 9.17) is 14.6 Å². The molecule has 0 aromatic heterocycles. The maximum atomic E-state index is 12.5. The van der Waals surface area contributed by atoms with Gasteiger partial charge >= 0.3 is 18.1 Å². The van der Waals surface area contributed by atoms with Gasteiger partial charge in [0.25, 0.3) is 5.91 Å². The number of ether oxygens (including phenoxy) is 1. The van der Waals surface area contributed by atoms with Crippen LogP contribution in [0.25, 0.3) is 0 Å². The Hall–Kier alpha value is -2.62. The van der Waals surface area contributed by atoms with Gasteiger partial charge in [-0.3, -0.25) is 4.79 Å². The van der Waals surface area contributed by atoms with Crippen molar-refractivity contribution in [2.24, 2.45) is 5.92 Å². The molecule has 10 heteroatoms. The predicted octanol–water partition coefficient (Wildman–Crippen LogP) is 2.91. The fourth-order valence-electron chi connectivity index (χ4n) is 2.80. The largest absolute Gasteiger partial charge is 0.490 e. The maximum Gasteiger partial charge on any atom is 0.490 e. The van der Waals surface area contributed by atoms with E-state index < -0.39 is 18.1 Å². The van der Waals surface area contributed by atoms with Crippen LogP contribution < -0.4 is 0 Å². The number of aliphatic carboxylic acids is 1. The van der Waals surface area contributed by atoms with Gasteiger partial charge in [0, 0.05) is 25.7 Å². The molecule has 1 heterocycles. The van der Waals surface area contributed by atoms with Crippen molar-refractivity contribution in [2.75, 3.05) is 40.3 Å². The van der Waals surface area contributed by atoms with Crippen LogP contribution in [0.5, 0.6) is 0 Å². The molecule has 0 saturated carbocycles. The standard InChI is InChI=1S/C18H26N2O3.C2HF3O2/c1-14-7-9-20(10-8-14)12-11-19(2)17(21)15-5-4-6-16(13-15)18(22)23-3;3-2(4,5)1(6)7/h4-6,13-14H,7-12H2,1-3H3;(H,6,7). The van der Waals surface area contributed by atoms with Crippen LogP contribution in [-0.4, -0.2) is 79.3 Å². The van der Waals surface area contributed by atoms with E-state index in [-0.39, 0.29) is 5.91 Å². The first kappa shape index (κ1) is 25.4. The third-order valence-corrected chi connectivity index (χ3v) is 4.75. The topological polar surface area (TPSA) is 87.2 Å². The molecule has 2 rings (SSSR count). The number of nitrogens with zero attached hydrogens (tertiary/aromatic N) is 2. The molecule has 1 aliphatic rings. The number of amides is 1. The van der Waals surface area contributed by atoms with Crippen LogP contribution in [0.3, 0.4) is 0 Å². The van der Waals surface area contributed by atoms with E-state index in [1.165, 1.54) is 20.0 Å². The molecule has 0 spiro atoms. The predicted molar refractivity (Wildman–Crippen MR) is 103 cm³/mol. The maximum absolute atomic E-state index is 12.5. The quantitative estimate of drug-likeness (QED) is 0.720. The van der Waals surface area contributed by atoms with Crippen molar-refractivity contribution in [3.8, 4) is 0 Å². The zero-order valence-corrected chi connectivity index (χ0v) is 17.2. The van der Waals surface area contributed by atoms with Gasteiger partial charge in [0.2, 0.25) is 0 Å². The Labute approximate surface area is 173 Å². The van der Waals surface area contributed by atoms with E-state index in [1.54, 1.807) is 36.2 Å². The molecule has 0 bridgehead atoms. The number of piperidine rings is 1. The lowest BCUT2D eigenvalue weighted by molar-refractivity contribution is -0.192. The number of hydrogen-bond donors (Lipinski definition) is 1. The highest BCUT2D eigenvalue weighted by Gasteiger charge is 2.38. The molecular weight excluding hydrogens is 405 g/mol. The number of halogens is 3.